The molecule has 1 unspecified atom stereocenters. The first kappa shape index (κ1) is 21.8. The van der Waals surface area contributed by atoms with E-state index in [1.54, 1.807) is 48.2 Å². The number of carbonyl (C=O) groups is 2. The highest BCUT2D eigenvalue weighted by Crippen LogP contribution is 2.28. The number of rotatable bonds is 8. The molecule has 0 fully saturated rings. The van der Waals surface area contributed by atoms with E-state index in [4.69, 9.17) is 4.84 Å². The second-order valence-electron chi connectivity index (χ2n) is 7.52. The quantitative estimate of drug-likeness (QED) is 0.130. The molecule has 0 aliphatic heterocycles. The van der Waals surface area contributed by atoms with Crippen LogP contribution in [0.3, 0.4) is 0 Å². The lowest BCUT2D eigenvalue weighted by atomic mass is 9.96. The Balaban J connectivity index is 1.50. The maximum Gasteiger partial charge on any atom is 0.365 e. The molecule has 0 N–H and O–H groups in total. The molecule has 4 rings (SSSR count). The summed E-state index contributed by atoms with van der Waals surface area (Å²) in [5, 5.41) is 4.01. The van der Waals surface area contributed by atoms with Gasteiger partial charge in [-0.05, 0) is 67.3 Å². The SMILES string of the molecule is O=C(O/N=C(/CC1C=CCC1)C(=O)c1ccc(Sc2ccccc2)cc1)c1ccccc1. The maximum atomic E-state index is 13.2. The zero-order valence-corrected chi connectivity index (χ0v) is 18.3. The summed E-state index contributed by atoms with van der Waals surface area (Å²) in [5.74, 6) is -0.573. The van der Waals surface area contributed by atoms with Crippen LogP contribution >= 0.6 is 11.8 Å². The fraction of sp³-hybridized carbons (Fsp3) is 0.148. The summed E-state index contributed by atoms with van der Waals surface area (Å²) in [5.41, 5.74) is 1.18. The Morgan fingerprint density at radius 3 is 2.16 bits per heavy atom. The molecule has 32 heavy (non-hydrogen) atoms. The Morgan fingerprint density at radius 1 is 0.844 bits per heavy atom. The molecule has 0 saturated heterocycles. The van der Waals surface area contributed by atoms with Gasteiger partial charge in [-0.1, -0.05) is 65.5 Å². The summed E-state index contributed by atoms with van der Waals surface area (Å²) in [6.07, 6.45) is 6.60. The van der Waals surface area contributed by atoms with Crippen LogP contribution in [-0.4, -0.2) is 17.5 Å². The first-order valence-electron chi connectivity index (χ1n) is 10.6. The molecule has 1 atom stereocenters. The van der Waals surface area contributed by atoms with Crippen molar-refractivity contribution in [3.8, 4) is 0 Å². The number of oxime groups is 1. The molecule has 0 bridgehead atoms. The van der Waals surface area contributed by atoms with E-state index in [-0.39, 0.29) is 17.4 Å². The van der Waals surface area contributed by atoms with Gasteiger partial charge in [0.1, 0.15) is 5.71 Å². The number of hydrogen-bond acceptors (Lipinski definition) is 5. The minimum Gasteiger partial charge on any atom is -0.312 e. The lowest BCUT2D eigenvalue weighted by Gasteiger charge is -2.10. The van der Waals surface area contributed by atoms with E-state index < -0.39 is 5.97 Å². The lowest BCUT2D eigenvalue weighted by Crippen LogP contribution is -2.19. The Morgan fingerprint density at radius 2 is 1.50 bits per heavy atom. The Labute approximate surface area is 192 Å². The monoisotopic (exact) mass is 441 g/mol. The number of hydrogen-bond donors (Lipinski definition) is 0. The smallest absolute Gasteiger partial charge is 0.312 e. The van der Waals surface area contributed by atoms with Gasteiger partial charge in [-0.15, -0.1) is 0 Å². The van der Waals surface area contributed by atoms with Crippen molar-refractivity contribution in [3.05, 3.63) is 108 Å². The molecular formula is C27H23NO3S. The normalized spacial score (nSPS) is 15.5. The molecule has 5 heteroatoms. The van der Waals surface area contributed by atoms with E-state index in [9.17, 15) is 9.59 Å². The van der Waals surface area contributed by atoms with E-state index in [0.29, 0.717) is 17.5 Å². The number of allylic oxidation sites excluding steroid dienone is 2. The van der Waals surface area contributed by atoms with Crippen LogP contribution in [0.5, 0.6) is 0 Å². The van der Waals surface area contributed by atoms with Crippen molar-refractivity contribution < 1.29 is 14.4 Å². The van der Waals surface area contributed by atoms with Crippen LogP contribution in [0.1, 0.15) is 40.0 Å². The van der Waals surface area contributed by atoms with Crippen LogP contribution in [-0.2, 0) is 4.84 Å². The standard InChI is InChI=1S/C27H23NO3S/c29-26(21-15-17-24(18-16-21)32-23-13-5-2-6-14-23)25(19-20-9-7-8-10-20)28-31-27(30)22-11-3-1-4-12-22/h1-7,9,11-18,20H,8,10,19H2/b28-25-. The van der Waals surface area contributed by atoms with E-state index in [1.807, 2.05) is 48.5 Å². The summed E-state index contributed by atoms with van der Waals surface area (Å²) < 4.78 is 0. The van der Waals surface area contributed by atoms with E-state index in [2.05, 4.69) is 17.3 Å². The van der Waals surface area contributed by atoms with E-state index >= 15 is 0 Å². The summed E-state index contributed by atoms with van der Waals surface area (Å²) >= 11 is 1.63. The van der Waals surface area contributed by atoms with Crippen molar-refractivity contribution >= 4 is 29.2 Å². The van der Waals surface area contributed by atoms with Crippen molar-refractivity contribution in [2.24, 2.45) is 11.1 Å². The number of carbonyl (C=O) groups excluding carboxylic acids is 2. The number of benzene rings is 3. The van der Waals surface area contributed by atoms with E-state index in [1.165, 1.54) is 0 Å². The Bertz CT molecular complexity index is 1120. The zero-order valence-electron chi connectivity index (χ0n) is 17.5. The van der Waals surface area contributed by atoms with Crippen molar-refractivity contribution in [3.63, 3.8) is 0 Å². The molecule has 3 aromatic carbocycles. The first-order chi connectivity index (χ1) is 15.7. The van der Waals surface area contributed by atoms with Gasteiger partial charge >= 0.3 is 5.97 Å². The fourth-order valence-electron chi connectivity index (χ4n) is 3.47. The van der Waals surface area contributed by atoms with Crippen LogP contribution in [0.4, 0.5) is 0 Å². The van der Waals surface area contributed by atoms with Crippen molar-refractivity contribution in [2.45, 2.75) is 29.1 Å². The van der Waals surface area contributed by atoms with Gasteiger partial charge in [0.25, 0.3) is 0 Å². The molecule has 0 amide bonds. The minimum absolute atomic E-state index is 0.220. The Kier molecular flexibility index (Phi) is 7.31. The summed E-state index contributed by atoms with van der Waals surface area (Å²) in [6.45, 7) is 0. The molecule has 0 saturated carbocycles. The number of ketones is 1. The van der Waals surface area contributed by atoms with Gasteiger partial charge in [0.05, 0.1) is 5.56 Å². The fourth-order valence-corrected chi connectivity index (χ4v) is 4.31. The van der Waals surface area contributed by atoms with Crippen LogP contribution < -0.4 is 0 Å². The zero-order chi connectivity index (χ0) is 22.2. The molecular weight excluding hydrogens is 418 g/mol. The van der Waals surface area contributed by atoms with Crippen LogP contribution in [0.15, 0.2) is 112 Å². The van der Waals surface area contributed by atoms with Gasteiger partial charge in [0.2, 0.25) is 5.78 Å². The highest BCUT2D eigenvalue weighted by atomic mass is 32.2. The van der Waals surface area contributed by atoms with Crippen LogP contribution in [0.25, 0.3) is 0 Å². The van der Waals surface area contributed by atoms with Gasteiger partial charge in [0, 0.05) is 21.8 Å². The maximum absolute atomic E-state index is 13.2. The molecule has 160 valence electrons. The summed E-state index contributed by atoms with van der Waals surface area (Å²) in [7, 11) is 0. The molecule has 1 aliphatic carbocycles. The Hall–Kier alpha value is -3.44. The third kappa shape index (κ3) is 5.83. The predicted octanol–water partition coefficient (Wildman–Crippen LogP) is 6.59. The van der Waals surface area contributed by atoms with Crippen LogP contribution in [0.2, 0.25) is 0 Å². The topological polar surface area (TPSA) is 55.7 Å². The molecule has 4 nitrogen and oxygen atoms in total. The molecule has 0 aromatic heterocycles. The number of Topliss-reactive ketones (excluding diaryl/α,β-unsaturated/α-hetero) is 1. The average Bonchev–Trinajstić information content (AvgIpc) is 3.36. The van der Waals surface area contributed by atoms with Crippen molar-refractivity contribution in [1.82, 2.24) is 0 Å². The van der Waals surface area contributed by atoms with Crippen LogP contribution in [0, 0.1) is 5.92 Å². The molecule has 3 aromatic rings. The van der Waals surface area contributed by atoms with Crippen molar-refractivity contribution in [1.29, 1.82) is 0 Å². The molecule has 1 aliphatic rings. The van der Waals surface area contributed by atoms with Gasteiger partial charge < -0.3 is 4.84 Å². The molecule has 0 heterocycles. The van der Waals surface area contributed by atoms with Gasteiger partial charge in [-0.25, -0.2) is 4.79 Å². The lowest BCUT2D eigenvalue weighted by molar-refractivity contribution is 0.0514. The average molecular weight is 442 g/mol. The highest BCUT2D eigenvalue weighted by Gasteiger charge is 2.21. The second-order valence-corrected chi connectivity index (χ2v) is 8.67. The van der Waals surface area contributed by atoms with Gasteiger partial charge in [-0.3, -0.25) is 4.79 Å². The van der Waals surface area contributed by atoms with Crippen molar-refractivity contribution in [2.75, 3.05) is 0 Å². The second kappa shape index (κ2) is 10.7. The first-order valence-corrected chi connectivity index (χ1v) is 11.4. The predicted molar refractivity (Wildman–Crippen MR) is 127 cm³/mol. The van der Waals surface area contributed by atoms with Gasteiger partial charge in [-0.2, -0.15) is 0 Å². The summed E-state index contributed by atoms with van der Waals surface area (Å²) in [4.78, 5) is 32.8. The number of nitrogens with zero attached hydrogens (tertiary/aromatic N) is 1. The third-order valence-electron chi connectivity index (χ3n) is 5.17. The largest absolute Gasteiger partial charge is 0.365 e. The summed E-state index contributed by atoms with van der Waals surface area (Å²) in [6, 6.07) is 26.2. The minimum atomic E-state index is -0.576. The highest BCUT2D eigenvalue weighted by molar-refractivity contribution is 7.99. The van der Waals surface area contributed by atoms with Gasteiger partial charge in [0.15, 0.2) is 0 Å². The molecule has 0 radical (unpaired) electrons. The van der Waals surface area contributed by atoms with E-state index in [0.717, 1.165) is 22.6 Å². The molecule has 0 spiro atoms. The third-order valence-corrected chi connectivity index (χ3v) is 6.19.